The Hall–Kier alpha value is -2.63. The van der Waals surface area contributed by atoms with Crippen LogP contribution in [0.15, 0.2) is 85.1 Å². The van der Waals surface area contributed by atoms with Gasteiger partial charge in [0.05, 0.1) is 25.4 Å². The molecule has 1 amide bonds. The fraction of sp³-hybridized carbons (Fsp3) is 0.746. The predicted octanol–water partition coefficient (Wildman–Crippen LogP) is 13.5. The van der Waals surface area contributed by atoms with Crippen molar-refractivity contribution >= 4 is 5.91 Å². The number of carbonyl (C=O) groups excluding carboxylic acids is 1. The summed E-state index contributed by atoms with van der Waals surface area (Å²) in [5.74, 6) is -0.193. The Morgan fingerprint density at radius 3 is 1.41 bits per heavy atom. The summed E-state index contributed by atoms with van der Waals surface area (Å²) in [6, 6.07) is -0.831. The summed E-state index contributed by atoms with van der Waals surface area (Å²) in [5.41, 5.74) is 0. The molecule has 9 nitrogen and oxygen atoms in total. The first-order valence-corrected chi connectivity index (χ1v) is 27.8. The predicted molar refractivity (Wildman–Crippen MR) is 285 cm³/mol. The molecule has 0 spiro atoms. The van der Waals surface area contributed by atoms with Crippen molar-refractivity contribution in [1.29, 1.82) is 0 Å². The van der Waals surface area contributed by atoms with Gasteiger partial charge >= 0.3 is 0 Å². The molecule has 0 aromatic heterocycles. The van der Waals surface area contributed by atoms with Crippen LogP contribution in [0.5, 0.6) is 0 Å². The third kappa shape index (κ3) is 37.2. The Bertz CT molecular complexity index is 1340. The molecule has 392 valence electrons. The van der Waals surface area contributed by atoms with E-state index in [2.05, 4.69) is 92.1 Å². The van der Waals surface area contributed by atoms with Gasteiger partial charge in [-0.15, -0.1) is 0 Å². The maximum Gasteiger partial charge on any atom is 0.220 e. The van der Waals surface area contributed by atoms with E-state index >= 15 is 0 Å². The first kappa shape index (κ1) is 63.4. The van der Waals surface area contributed by atoms with E-state index in [0.29, 0.717) is 6.42 Å². The molecule has 6 N–H and O–H groups in total. The molecule has 1 aliphatic heterocycles. The van der Waals surface area contributed by atoms with Crippen LogP contribution in [0.25, 0.3) is 0 Å². The first-order valence-electron chi connectivity index (χ1n) is 27.8. The minimum atomic E-state index is -1.58. The van der Waals surface area contributed by atoms with Crippen LogP contribution < -0.4 is 5.32 Å². The molecule has 1 fully saturated rings. The zero-order valence-corrected chi connectivity index (χ0v) is 43.3. The maximum absolute atomic E-state index is 13.0. The van der Waals surface area contributed by atoms with Crippen LogP contribution in [-0.4, -0.2) is 87.5 Å². The van der Waals surface area contributed by atoms with Gasteiger partial charge in [0.15, 0.2) is 6.29 Å². The van der Waals surface area contributed by atoms with Gasteiger partial charge in [0.25, 0.3) is 0 Å². The molecule has 1 aliphatic rings. The van der Waals surface area contributed by atoms with Gasteiger partial charge in [0.1, 0.15) is 24.4 Å². The van der Waals surface area contributed by atoms with Crippen molar-refractivity contribution in [3.8, 4) is 0 Å². The monoisotopic (exact) mass is 954 g/mol. The molecule has 1 heterocycles. The third-order valence-electron chi connectivity index (χ3n) is 12.7. The van der Waals surface area contributed by atoms with Crippen LogP contribution in [0.3, 0.4) is 0 Å². The topological polar surface area (TPSA) is 149 Å². The van der Waals surface area contributed by atoms with E-state index in [4.69, 9.17) is 9.47 Å². The van der Waals surface area contributed by atoms with Crippen molar-refractivity contribution in [1.82, 2.24) is 5.32 Å². The molecule has 68 heavy (non-hydrogen) atoms. The molecule has 0 aliphatic carbocycles. The lowest BCUT2D eigenvalue weighted by Gasteiger charge is -2.40. The molecular formula is C59H103NO8. The molecule has 0 bridgehead atoms. The van der Waals surface area contributed by atoms with Crippen molar-refractivity contribution in [2.75, 3.05) is 13.2 Å². The summed E-state index contributed by atoms with van der Waals surface area (Å²) in [5, 5.41) is 54.4. The van der Waals surface area contributed by atoms with E-state index in [1.165, 1.54) is 128 Å². The number of rotatable bonds is 46. The maximum atomic E-state index is 13.0. The van der Waals surface area contributed by atoms with Crippen LogP contribution in [0.2, 0.25) is 0 Å². The van der Waals surface area contributed by atoms with E-state index in [0.717, 1.165) is 77.0 Å². The van der Waals surface area contributed by atoms with E-state index in [9.17, 15) is 30.3 Å². The van der Waals surface area contributed by atoms with Gasteiger partial charge < -0.3 is 40.3 Å². The smallest absolute Gasteiger partial charge is 0.220 e. The molecule has 1 saturated heterocycles. The number of unbranched alkanes of at least 4 members (excludes halogenated alkanes) is 24. The normalized spacial score (nSPS) is 20.2. The van der Waals surface area contributed by atoms with E-state index in [-0.39, 0.29) is 12.5 Å². The van der Waals surface area contributed by atoms with Gasteiger partial charge in [-0.05, 0) is 83.5 Å². The third-order valence-corrected chi connectivity index (χ3v) is 12.7. The zero-order valence-electron chi connectivity index (χ0n) is 43.3. The van der Waals surface area contributed by atoms with E-state index in [1.807, 2.05) is 6.08 Å². The van der Waals surface area contributed by atoms with Gasteiger partial charge in [-0.2, -0.15) is 0 Å². The summed E-state index contributed by atoms with van der Waals surface area (Å²) in [6.07, 6.45) is 60.7. The lowest BCUT2D eigenvalue weighted by Crippen LogP contribution is -2.60. The number of carbonyl (C=O) groups is 1. The standard InChI is InChI=1S/C59H103NO8/c1-3-5-7-9-11-13-15-17-19-21-22-23-24-25-26-27-28-29-30-31-32-33-35-37-39-41-43-45-47-49-55(63)60-52(51-67-59-58(66)57(65)56(64)54(50-61)68-59)53(62)48-46-44-42-40-38-36-34-20-18-16-14-12-10-8-6-4-2/h5,7,11,13,17-20,22-23,38,40,46,48,52-54,56-59,61-62,64-66H,3-4,6,8-10,12,14-16,21,24-37,39,41-45,47,49-51H2,1-2H3,(H,60,63)/b7-5-,13-11-,19-17-,20-18+,23-22-,40-38+,48-46+. The van der Waals surface area contributed by atoms with Gasteiger partial charge in [-0.3, -0.25) is 4.79 Å². The zero-order chi connectivity index (χ0) is 49.4. The molecule has 0 aromatic rings. The van der Waals surface area contributed by atoms with Gasteiger partial charge in [0, 0.05) is 6.42 Å². The second kappa shape index (κ2) is 48.0. The molecule has 9 heteroatoms. The summed E-state index contributed by atoms with van der Waals surface area (Å²) >= 11 is 0. The van der Waals surface area contributed by atoms with Gasteiger partial charge in [0.2, 0.25) is 5.91 Å². The Labute approximate surface area is 416 Å². The fourth-order valence-electron chi connectivity index (χ4n) is 8.30. The average molecular weight is 954 g/mol. The highest BCUT2D eigenvalue weighted by Crippen LogP contribution is 2.23. The number of hydrogen-bond donors (Lipinski definition) is 6. The number of allylic oxidation sites excluding steroid dienone is 13. The first-order chi connectivity index (χ1) is 33.3. The fourth-order valence-corrected chi connectivity index (χ4v) is 8.30. The minimum absolute atomic E-state index is 0.193. The van der Waals surface area contributed by atoms with E-state index in [1.54, 1.807) is 6.08 Å². The van der Waals surface area contributed by atoms with Crippen molar-refractivity contribution < 1.29 is 39.8 Å². The number of amides is 1. The lowest BCUT2D eigenvalue weighted by molar-refractivity contribution is -0.302. The number of aliphatic hydroxyl groups excluding tert-OH is 5. The Morgan fingerprint density at radius 1 is 0.515 bits per heavy atom. The summed E-state index contributed by atoms with van der Waals surface area (Å²) in [6.45, 7) is 3.63. The highest BCUT2D eigenvalue weighted by molar-refractivity contribution is 5.76. The number of ether oxygens (including phenoxy) is 2. The lowest BCUT2D eigenvalue weighted by atomic mass is 9.99. The minimum Gasteiger partial charge on any atom is -0.394 e. The van der Waals surface area contributed by atoms with Gasteiger partial charge in [-0.25, -0.2) is 0 Å². The SMILES string of the molecule is CC/C=C\C/C=C\C/C=C\C/C=C\CCCCCCCCCCCCCCCCCCC(=O)NC(COC1OC(CO)C(O)C(O)C1O)C(O)/C=C/CC/C=C/CC/C=C/CCCCCCCC. The van der Waals surface area contributed by atoms with Crippen LogP contribution in [0.1, 0.15) is 226 Å². The van der Waals surface area contributed by atoms with Crippen LogP contribution in [0.4, 0.5) is 0 Å². The van der Waals surface area contributed by atoms with Crippen molar-refractivity contribution in [3.05, 3.63) is 85.1 Å². The summed E-state index contributed by atoms with van der Waals surface area (Å²) in [7, 11) is 0. The van der Waals surface area contributed by atoms with Crippen molar-refractivity contribution in [2.24, 2.45) is 0 Å². The number of aliphatic hydroxyl groups is 5. The molecule has 1 rings (SSSR count). The number of hydrogen-bond acceptors (Lipinski definition) is 8. The van der Waals surface area contributed by atoms with Gasteiger partial charge in [-0.1, -0.05) is 221 Å². The highest BCUT2D eigenvalue weighted by Gasteiger charge is 2.44. The summed E-state index contributed by atoms with van der Waals surface area (Å²) < 4.78 is 11.2. The average Bonchev–Trinajstić information content (AvgIpc) is 3.34. The molecule has 7 atom stereocenters. The Kier molecular flexibility index (Phi) is 44.8. The second-order valence-corrected chi connectivity index (χ2v) is 19.0. The van der Waals surface area contributed by atoms with Crippen LogP contribution >= 0.6 is 0 Å². The van der Waals surface area contributed by atoms with Crippen molar-refractivity contribution in [2.45, 2.75) is 269 Å². The molecule has 0 radical (unpaired) electrons. The second-order valence-electron chi connectivity index (χ2n) is 19.0. The molecule has 0 saturated carbocycles. The quantitative estimate of drug-likeness (QED) is 0.0261. The van der Waals surface area contributed by atoms with Crippen molar-refractivity contribution in [3.63, 3.8) is 0 Å². The van der Waals surface area contributed by atoms with E-state index < -0.39 is 49.5 Å². The van der Waals surface area contributed by atoms with Crippen LogP contribution in [0, 0.1) is 0 Å². The molecule has 0 aromatic carbocycles. The summed E-state index contributed by atoms with van der Waals surface area (Å²) in [4.78, 5) is 13.0. The largest absolute Gasteiger partial charge is 0.394 e. The Balaban J connectivity index is 2.22. The highest BCUT2D eigenvalue weighted by atomic mass is 16.7. The molecular weight excluding hydrogens is 851 g/mol. The number of nitrogens with one attached hydrogen (secondary N) is 1. The van der Waals surface area contributed by atoms with Crippen LogP contribution in [-0.2, 0) is 14.3 Å². The Morgan fingerprint density at radius 2 is 0.926 bits per heavy atom. The molecule has 7 unspecified atom stereocenters.